The van der Waals surface area contributed by atoms with Gasteiger partial charge in [0.15, 0.2) is 5.96 Å². The molecule has 3 nitrogen and oxygen atoms in total. The minimum atomic E-state index is 0.151. The summed E-state index contributed by atoms with van der Waals surface area (Å²) >= 11 is 0. The Kier molecular flexibility index (Phi) is 5.43. The summed E-state index contributed by atoms with van der Waals surface area (Å²) in [5, 5.41) is 3.67. The van der Waals surface area contributed by atoms with Gasteiger partial charge in [-0.1, -0.05) is 91.0 Å². The molecule has 0 saturated heterocycles. The van der Waals surface area contributed by atoms with Crippen molar-refractivity contribution in [2.45, 2.75) is 32.0 Å². The molecule has 1 aliphatic rings. The van der Waals surface area contributed by atoms with Crippen LogP contribution in [0.25, 0.3) is 0 Å². The number of rotatable bonds is 5. The third-order valence-corrected chi connectivity index (χ3v) is 5.50. The second-order valence-electron chi connectivity index (χ2n) is 7.39. The van der Waals surface area contributed by atoms with Crippen LogP contribution in [0.4, 0.5) is 0 Å². The van der Waals surface area contributed by atoms with E-state index in [1.165, 1.54) is 16.7 Å². The fourth-order valence-corrected chi connectivity index (χ4v) is 3.78. The van der Waals surface area contributed by atoms with E-state index >= 15 is 0 Å². The zero-order chi connectivity index (χ0) is 19.3. The smallest absolute Gasteiger partial charge is 0.195 e. The molecule has 3 aromatic carbocycles. The van der Waals surface area contributed by atoms with E-state index in [4.69, 9.17) is 4.99 Å². The van der Waals surface area contributed by atoms with Crippen LogP contribution in [0.15, 0.2) is 96.0 Å². The molecular formula is C25H27N3. The van der Waals surface area contributed by atoms with Crippen LogP contribution < -0.4 is 5.32 Å². The highest BCUT2D eigenvalue weighted by molar-refractivity contribution is 5.83. The molecule has 3 heteroatoms. The standard InChI is InChI=1S/C25H27N3/c1-19(21-12-6-3-7-13-21)26-25-27-24(23-16-10-5-11-17-23)18-28(25)20(2)22-14-8-4-9-15-22/h3-17,19-20,24H,18H2,1-2H3,(H,26,27)/t19-,20-,24-/m0/s1. The Morgan fingerprint density at radius 3 is 1.93 bits per heavy atom. The van der Waals surface area contributed by atoms with Crippen LogP contribution >= 0.6 is 0 Å². The lowest BCUT2D eigenvalue weighted by molar-refractivity contribution is 0.334. The van der Waals surface area contributed by atoms with Crippen molar-refractivity contribution in [1.82, 2.24) is 10.2 Å². The number of nitrogens with zero attached hydrogens (tertiary/aromatic N) is 2. The molecule has 28 heavy (non-hydrogen) atoms. The van der Waals surface area contributed by atoms with Gasteiger partial charge in [0.05, 0.1) is 18.1 Å². The summed E-state index contributed by atoms with van der Waals surface area (Å²) < 4.78 is 0. The average molecular weight is 370 g/mol. The average Bonchev–Trinajstić information content (AvgIpc) is 3.19. The maximum atomic E-state index is 5.08. The lowest BCUT2D eigenvalue weighted by atomic mass is 10.0. The van der Waals surface area contributed by atoms with Gasteiger partial charge in [-0.3, -0.25) is 0 Å². The molecule has 0 radical (unpaired) electrons. The molecule has 1 N–H and O–H groups in total. The fraction of sp³-hybridized carbons (Fsp3) is 0.240. The first-order valence-electron chi connectivity index (χ1n) is 9.98. The van der Waals surface area contributed by atoms with Gasteiger partial charge in [0, 0.05) is 6.54 Å². The highest BCUT2D eigenvalue weighted by Gasteiger charge is 2.31. The van der Waals surface area contributed by atoms with Crippen LogP contribution in [-0.4, -0.2) is 17.4 Å². The Balaban J connectivity index is 1.61. The summed E-state index contributed by atoms with van der Waals surface area (Å²) in [5.41, 5.74) is 3.83. The molecule has 0 spiro atoms. The van der Waals surface area contributed by atoms with Crippen molar-refractivity contribution in [1.29, 1.82) is 0 Å². The highest BCUT2D eigenvalue weighted by atomic mass is 15.4. The van der Waals surface area contributed by atoms with Crippen LogP contribution in [0.2, 0.25) is 0 Å². The summed E-state index contributed by atoms with van der Waals surface area (Å²) in [7, 11) is 0. The van der Waals surface area contributed by atoms with Crippen molar-refractivity contribution in [2.24, 2.45) is 4.99 Å². The molecule has 3 aromatic rings. The zero-order valence-electron chi connectivity index (χ0n) is 16.5. The quantitative estimate of drug-likeness (QED) is 0.642. The first-order chi connectivity index (χ1) is 13.7. The van der Waals surface area contributed by atoms with Crippen LogP contribution in [0.5, 0.6) is 0 Å². The Hall–Kier alpha value is -3.07. The summed E-state index contributed by atoms with van der Waals surface area (Å²) in [6.45, 7) is 5.33. The fourth-order valence-electron chi connectivity index (χ4n) is 3.78. The van der Waals surface area contributed by atoms with E-state index in [1.54, 1.807) is 0 Å². The predicted molar refractivity (Wildman–Crippen MR) is 116 cm³/mol. The number of aliphatic imine (C=N–C) groups is 1. The van der Waals surface area contributed by atoms with E-state index < -0.39 is 0 Å². The first-order valence-corrected chi connectivity index (χ1v) is 9.98. The van der Waals surface area contributed by atoms with Crippen LogP contribution in [0.3, 0.4) is 0 Å². The van der Waals surface area contributed by atoms with Gasteiger partial charge in [-0.2, -0.15) is 0 Å². The van der Waals surface area contributed by atoms with Gasteiger partial charge >= 0.3 is 0 Å². The van der Waals surface area contributed by atoms with E-state index in [9.17, 15) is 0 Å². The minimum Gasteiger partial charge on any atom is -0.350 e. The Morgan fingerprint density at radius 2 is 1.32 bits per heavy atom. The Bertz CT molecular complexity index is 906. The monoisotopic (exact) mass is 369 g/mol. The molecule has 1 aliphatic heterocycles. The van der Waals surface area contributed by atoms with Crippen molar-refractivity contribution in [3.05, 3.63) is 108 Å². The van der Waals surface area contributed by atoms with Crippen molar-refractivity contribution in [3.8, 4) is 0 Å². The molecular weight excluding hydrogens is 342 g/mol. The van der Waals surface area contributed by atoms with Gasteiger partial charge in [-0.15, -0.1) is 0 Å². The third-order valence-electron chi connectivity index (χ3n) is 5.50. The van der Waals surface area contributed by atoms with Gasteiger partial charge in [0.1, 0.15) is 0 Å². The Morgan fingerprint density at radius 1 is 0.786 bits per heavy atom. The maximum Gasteiger partial charge on any atom is 0.195 e. The number of benzene rings is 3. The molecule has 0 amide bonds. The molecule has 1 heterocycles. The molecule has 0 bridgehead atoms. The molecule has 0 unspecified atom stereocenters. The van der Waals surface area contributed by atoms with Gasteiger partial charge < -0.3 is 10.2 Å². The second-order valence-corrected chi connectivity index (χ2v) is 7.39. The maximum absolute atomic E-state index is 5.08. The van der Waals surface area contributed by atoms with Crippen LogP contribution in [0, 0.1) is 0 Å². The largest absolute Gasteiger partial charge is 0.350 e. The topological polar surface area (TPSA) is 27.6 Å². The second kappa shape index (κ2) is 8.30. The van der Waals surface area contributed by atoms with Crippen LogP contribution in [-0.2, 0) is 0 Å². The van der Waals surface area contributed by atoms with E-state index in [2.05, 4.69) is 115 Å². The number of hydrogen-bond donors (Lipinski definition) is 1. The third kappa shape index (κ3) is 3.94. The summed E-state index contributed by atoms with van der Waals surface area (Å²) in [6.07, 6.45) is 0. The van der Waals surface area contributed by atoms with Gasteiger partial charge in [0.2, 0.25) is 0 Å². The van der Waals surface area contributed by atoms with E-state index in [0.717, 1.165) is 12.5 Å². The number of hydrogen-bond acceptors (Lipinski definition) is 3. The molecule has 4 rings (SSSR count). The van der Waals surface area contributed by atoms with Gasteiger partial charge in [-0.05, 0) is 30.5 Å². The molecule has 0 aliphatic carbocycles. The van der Waals surface area contributed by atoms with E-state index in [0.29, 0.717) is 0 Å². The molecule has 0 fully saturated rings. The predicted octanol–water partition coefficient (Wildman–Crippen LogP) is 5.51. The Labute approximate surface area is 167 Å². The van der Waals surface area contributed by atoms with Crippen molar-refractivity contribution in [3.63, 3.8) is 0 Å². The minimum absolute atomic E-state index is 0.151. The molecule has 142 valence electrons. The number of guanidine groups is 1. The van der Waals surface area contributed by atoms with E-state index in [-0.39, 0.29) is 18.1 Å². The summed E-state index contributed by atoms with van der Waals surface area (Å²) in [4.78, 5) is 7.48. The first kappa shape index (κ1) is 18.3. The van der Waals surface area contributed by atoms with Gasteiger partial charge in [-0.25, -0.2) is 4.99 Å². The van der Waals surface area contributed by atoms with Gasteiger partial charge in [0.25, 0.3) is 0 Å². The molecule has 0 aromatic heterocycles. The SMILES string of the molecule is C[C@H](NC1=N[C@H](c2ccccc2)CN1[C@@H](C)c1ccccc1)c1ccccc1. The lowest BCUT2D eigenvalue weighted by Crippen LogP contribution is -2.41. The van der Waals surface area contributed by atoms with E-state index in [1.807, 2.05) is 0 Å². The number of nitrogens with one attached hydrogen (secondary N) is 1. The molecule has 3 atom stereocenters. The lowest BCUT2D eigenvalue weighted by Gasteiger charge is -2.30. The van der Waals surface area contributed by atoms with Crippen molar-refractivity contribution in [2.75, 3.05) is 6.54 Å². The molecule has 0 saturated carbocycles. The summed E-state index contributed by atoms with van der Waals surface area (Å²) in [6, 6.07) is 32.4. The zero-order valence-corrected chi connectivity index (χ0v) is 16.5. The van der Waals surface area contributed by atoms with Crippen LogP contribution in [0.1, 0.15) is 48.7 Å². The summed E-state index contributed by atoms with van der Waals surface area (Å²) in [5.74, 6) is 0.974. The highest BCUT2D eigenvalue weighted by Crippen LogP contribution is 2.31. The van der Waals surface area contributed by atoms with Crippen molar-refractivity contribution >= 4 is 5.96 Å². The normalized spacial score (nSPS) is 18.4. The van der Waals surface area contributed by atoms with Crippen molar-refractivity contribution < 1.29 is 0 Å².